The Balaban J connectivity index is 0.000000167. The van der Waals surface area contributed by atoms with Crippen LogP contribution >= 0.6 is 15.9 Å². The summed E-state index contributed by atoms with van der Waals surface area (Å²) in [6.45, 7) is 28.6. The van der Waals surface area contributed by atoms with Gasteiger partial charge in [0.05, 0.1) is 0 Å². The molecular formula is C46H63BrN10Si2. The molecule has 8 aromatic heterocycles. The smallest absolute Gasteiger partial charge is 0.171 e. The van der Waals surface area contributed by atoms with Crippen LogP contribution in [0.5, 0.6) is 0 Å². The van der Waals surface area contributed by atoms with Gasteiger partial charge in [0.1, 0.15) is 44.6 Å². The van der Waals surface area contributed by atoms with Crippen molar-refractivity contribution < 1.29 is 0 Å². The molecule has 0 saturated carbocycles. The van der Waals surface area contributed by atoms with E-state index < -0.39 is 16.5 Å². The summed E-state index contributed by atoms with van der Waals surface area (Å²) in [4.78, 5) is 24.7. The average molecular weight is 892 g/mol. The average Bonchev–Trinajstić information content (AvgIpc) is 3.99. The van der Waals surface area contributed by atoms with Gasteiger partial charge >= 0.3 is 0 Å². The molecule has 0 fully saturated rings. The quantitative estimate of drug-likeness (QED) is 0.0799. The minimum absolute atomic E-state index is 0.551. The molecule has 0 atom stereocenters. The predicted molar refractivity (Wildman–Crippen MR) is 260 cm³/mol. The number of hydrogen-bond acceptors (Lipinski definition) is 6. The zero-order chi connectivity index (χ0) is 42.8. The second-order valence-electron chi connectivity index (χ2n) is 17.6. The fourth-order valence-corrected chi connectivity index (χ4v) is 23.8. The number of aromatic amines is 2. The lowest BCUT2D eigenvalue weighted by atomic mass is 10.3. The molecule has 8 heterocycles. The van der Waals surface area contributed by atoms with E-state index in [9.17, 15) is 0 Å². The predicted octanol–water partition coefficient (Wildman–Crippen LogP) is 13.6. The number of hydrogen-bond donors (Lipinski definition) is 4. The third kappa shape index (κ3) is 8.38. The van der Waals surface area contributed by atoms with Gasteiger partial charge < -0.3 is 29.5 Å². The summed E-state index contributed by atoms with van der Waals surface area (Å²) in [6, 6.07) is 24.6. The highest BCUT2D eigenvalue weighted by atomic mass is 79.9. The van der Waals surface area contributed by atoms with Gasteiger partial charge in [-0.1, -0.05) is 83.1 Å². The van der Waals surface area contributed by atoms with Crippen LogP contribution in [0.1, 0.15) is 83.1 Å². The molecule has 0 saturated heterocycles. The zero-order valence-electron chi connectivity index (χ0n) is 36.8. The van der Waals surface area contributed by atoms with Crippen molar-refractivity contribution in [1.29, 1.82) is 0 Å². The summed E-state index contributed by atoms with van der Waals surface area (Å²) in [6.07, 6.45) is 8.30. The van der Waals surface area contributed by atoms with Crippen LogP contribution in [0.2, 0.25) is 33.2 Å². The Morgan fingerprint density at radius 3 is 1.39 bits per heavy atom. The second kappa shape index (κ2) is 17.9. The topological polar surface area (TPSA) is 131 Å². The van der Waals surface area contributed by atoms with Gasteiger partial charge in [0, 0.05) is 33.9 Å². The molecule has 0 bridgehead atoms. The molecule has 0 spiro atoms. The Morgan fingerprint density at radius 2 is 0.898 bits per heavy atom. The molecule has 0 aliphatic carbocycles. The van der Waals surface area contributed by atoms with Crippen LogP contribution in [0.4, 0.5) is 17.5 Å². The van der Waals surface area contributed by atoms with Crippen molar-refractivity contribution in [2.24, 2.45) is 0 Å². The molecule has 0 aromatic carbocycles. The highest BCUT2D eigenvalue weighted by molar-refractivity contribution is 9.10. The van der Waals surface area contributed by atoms with Gasteiger partial charge in [-0.15, -0.1) is 0 Å². The summed E-state index contributed by atoms with van der Waals surface area (Å²) in [5.41, 5.74) is 13.3. The van der Waals surface area contributed by atoms with Crippen LogP contribution < -0.4 is 11.1 Å². The van der Waals surface area contributed by atoms with Gasteiger partial charge in [-0.2, -0.15) is 0 Å². The maximum Gasteiger partial charge on any atom is 0.171 e. The van der Waals surface area contributed by atoms with E-state index in [2.05, 4.69) is 175 Å². The Kier molecular flexibility index (Phi) is 13.3. The first-order chi connectivity index (χ1) is 28.0. The van der Waals surface area contributed by atoms with Crippen LogP contribution in [0, 0.1) is 0 Å². The highest BCUT2D eigenvalue weighted by Gasteiger charge is 2.47. The molecule has 0 radical (unpaired) electrons. The number of nitrogens with zero attached hydrogens (tertiary/aromatic N) is 6. The van der Waals surface area contributed by atoms with Crippen LogP contribution in [0.3, 0.4) is 0 Å². The van der Waals surface area contributed by atoms with Crippen LogP contribution in [-0.4, -0.2) is 54.8 Å². The van der Waals surface area contributed by atoms with Gasteiger partial charge in [0.25, 0.3) is 0 Å². The van der Waals surface area contributed by atoms with E-state index in [0.29, 0.717) is 39.1 Å². The molecule has 0 aliphatic heterocycles. The normalized spacial score (nSPS) is 12.5. The summed E-state index contributed by atoms with van der Waals surface area (Å²) >= 11 is 3.52. The second-order valence-corrected chi connectivity index (χ2v) is 29.9. The molecule has 5 N–H and O–H groups in total. The molecule has 8 rings (SSSR count). The number of nitrogen functional groups attached to an aromatic ring is 1. The maximum atomic E-state index is 5.45. The Bertz CT molecular complexity index is 2590. The number of rotatable bonds is 10. The number of pyridine rings is 4. The highest BCUT2D eigenvalue weighted by Crippen LogP contribution is 2.45. The monoisotopic (exact) mass is 890 g/mol. The van der Waals surface area contributed by atoms with Crippen molar-refractivity contribution in [3.05, 3.63) is 102 Å². The molecule has 8 aromatic rings. The molecule has 59 heavy (non-hydrogen) atoms. The fourth-order valence-electron chi connectivity index (χ4n) is 10.4. The van der Waals surface area contributed by atoms with E-state index in [1.54, 1.807) is 6.07 Å². The van der Waals surface area contributed by atoms with Crippen molar-refractivity contribution in [2.75, 3.05) is 11.1 Å². The van der Waals surface area contributed by atoms with Gasteiger partial charge in [0.15, 0.2) is 16.5 Å². The first kappa shape index (κ1) is 43.8. The number of H-pyrrole nitrogens is 2. The van der Waals surface area contributed by atoms with Crippen molar-refractivity contribution in [2.45, 2.75) is 116 Å². The van der Waals surface area contributed by atoms with Gasteiger partial charge in [-0.05, 0) is 134 Å². The Hall–Kier alpha value is -4.73. The van der Waals surface area contributed by atoms with E-state index in [1.165, 1.54) is 10.8 Å². The van der Waals surface area contributed by atoms with E-state index in [-0.39, 0.29) is 0 Å². The lowest BCUT2D eigenvalue weighted by Gasteiger charge is -2.44. The number of fused-ring (bicyclic) bond motifs is 4. The summed E-state index contributed by atoms with van der Waals surface area (Å²) in [5.74, 6) is 2.18. The fraction of sp³-hybridized carbons (Fsp3) is 0.391. The third-order valence-electron chi connectivity index (χ3n) is 12.5. The lowest BCUT2D eigenvalue weighted by molar-refractivity contribution is 0.770. The number of anilines is 3. The first-order valence-electron chi connectivity index (χ1n) is 21.0. The molecule has 0 amide bonds. The third-order valence-corrected chi connectivity index (χ3v) is 26.5. The summed E-state index contributed by atoms with van der Waals surface area (Å²) in [7, 11) is -3.56. The Labute approximate surface area is 360 Å². The van der Waals surface area contributed by atoms with E-state index in [4.69, 9.17) is 15.7 Å². The summed E-state index contributed by atoms with van der Waals surface area (Å²) in [5, 5.41) is 8.03. The minimum atomic E-state index is -1.85. The number of aromatic nitrogens is 8. The molecule has 312 valence electrons. The number of nitrogens with one attached hydrogen (secondary N) is 3. The molecule has 13 heteroatoms. The standard InChI is InChI=1S/C23H31N5Si.C16H25BrN2Si.C7H7N3/c1-15(2)29(16(3)4,17(5)6)28-14-12-19-8-10-21(27-23(19)28)25-20-9-7-18-11-13-24-22(18)26-20;1-11(2)20(12(3)4,13(5)6)19-10-9-14-7-8-15(17)18-16(14)19;8-6-2-1-5-3-4-9-7(5)10-6/h7-17H,1-6H3,(H2,24,25,26,27);7-13H,1-6H3;1-4H,(H3,8,9,10). The minimum Gasteiger partial charge on any atom is -0.384 e. The lowest BCUT2D eigenvalue weighted by Crippen LogP contribution is -2.51. The Morgan fingerprint density at radius 1 is 0.492 bits per heavy atom. The van der Waals surface area contributed by atoms with Crippen LogP contribution in [0.25, 0.3) is 44.1 Å². The maximum absolute atomic E-state index is 5.45. The van der Waals surface area contributed by atoms with Crippen molar-refractivity contribution in [3.8, 4) is 0 Å². The SMILES string of the molecule is CC(C)[Si](C(C)C)(C(C)C)n1ccc2ccc(Br)nc21.CC(C)[Si](C(C)C)(C(C)C)n1ccc2ccc(Nc3ccc4cc[nH]c4n3)nc21.Nc1ccc2cc[nH]c2n1. The van der Waals surface area contributed by atoms with Crippen molar-refractivity contribution in [3.63, 3.8) is 0 Å². The van der Waals surface area contributed by atoms with E-state index in [1.807, 2.05) is 48.8 Å². The largest absolute Gasteiger partial charge is 0.384 e. The van der Waals surface area contributed by atoms with Crippen LogP contribution in [0.15, 0.2) is 102 Å². The van der Waals surface area contributed by atoms with Crippen molar-refractivity contribution >= 4 is 94.0 Å². The van der Waals surface area contributed by atoms with Gasteiger partial charge in [-0.25, -0.2) is 19.9 Å². The van der Waals surface area contributed by atoms with Gasteiger partial charge in [0.2, 0.25) is 0 Å². The van der Waals surface area contributed by atoms with E-state index >= 15 is 0 Å². The van der Waals surface area contributed by atoms with E-state index in [0.717, 1.165) is 49.6 Å². The molecule has 0 aliphatic rings. The van der Waals surface area contributed by atoms with Crippen molar-refractivity contribution in [1.82, 2.24) is 38.4 Å². The molecule has 0 unspecified atom stereocenters. The first-order valence-corrected chi connectivity index (χ1v) is 26.2. The number of nitrogens with two attached hydrogens (primary N) is 1. The van der Waals surface area contributed by atoms with Gasteiger partial charge in [-0.3, -0.25) is 0 Å². The molecular weight excluding hydrogens is 829 g/mol. The van der Waals surface area contributed by atoms with Crippen LogP contribution in [-0.2, 0) is 0 Å². The summed E-state index contributed by atoms with van der Waals surface area (Å²) < 4.78 is 6.02. The zero-order valence-corrected chi connectivity index (χ0v) is 40.4. The molecule has 10 nitrogen and oxygen atoms in total. The number of halogens is 1.